The van der Waals surface area contributed by atoms with Crippen LogP contribution in [0.4, 0.5) is 0 Å². The molecule has 1 aromatic heterocycles. The third-order valence-corrected chi connectivity index (χ3v) is 3.83. The molecule has 2 heterocycles. The second-order valence-electron chi connectivity index (χ2n) is 5.33. The number of aliphatic carboxylic acids is 1. The highest BCUT2D eigenvalue weighted by atomic mass is 16.5. The Labute approximate surface area is 123 Å². The van der Waals surface area contributed by atoms with Crippen molar-refractivity contribution in [2.24, 2.45) is 0 Å². The van der Waals surface area contributed by atoms with Crippen molar-refractivity contribution in [1.29, 1.82) is 0 Å². The van der Waals surface area contributed by atoms with Gasteiger partial charge in [-0.1, -0.05) is 0 Å². The molecule has 1 atom stereocenters. The standard InChI is InChI=1S/C14H21N3O4/c1-9-12(10(2)16-15-9)3-4-13(18)17-5-6-21-8-11(17)7-14(19)20/h11H,3-8H2,1-2H3,(H,15,16)(H,19,20). The van der Waals surface area contributed by atoms with E-state index in [9.17, 15) is 9.59 Å². The number of aromatic nitrogens is 2. The summed E-state index contributed by atoms with van der Waals surface area (Å²) in [4.78, 5) is 24.9. The molecular weight excluding hydrogens is 274 g/mol. The number of carbonyl (C=O) groups is 2. The third kappa shape index (κ3) is 3.81. The predicted molar refractivity (Wildman–Crippen MR) is 75.0 cm³/mol. The number of aryl methyl sites for hydroxylation is 2. The van der Waals surface area contributed by atoms with Gasteiger partial charge < -0.3 is 14.7 Å². The third-order valence-electron chi connectivity index (χ3n) is 3.83. The molecule has 1 aliphatic heterocycles. The summed E-state index contributed by atoms with van der Waals surface area (Å²) in [7, 11) is 0. The number of hydrogen-bond donors (Lipinski definition) is 2. The van der Waals surface area contributed by atoms with Crippen molar-refractivity contribution in [2.45, 2.75) is 39.2 Å². The van der Waals surface area contributed by atoms with Gasteiger partial charge in [-0.2, -0.15) is 5.10 Å². The summed E-state index contributed by atoms with van der Waals surface area (Å²) in [6.45, 7) is 5.06. The maximum atomic E-state index is 12.4. The number of ether oxygens (including phenoxy) is 1. The predicted octanol–water partition coefficient (Wildman–Crippen LogP) is 0.661. The molecule has 1 aromatic rings. The summed E-state index contributed by atoms with van der Waals surface area (Å²) in [5, 5.41) is 15.9. The summed E-state index contributed by atoms with van der Waals surface area (Å²) in [6, 6.07) is -0.365. The molecule has 7 heteroatoms. The molecule has 0 saturated carbocycles. The molecule has 1 unspecified atom stereocenters. The van der Waals surface area contributed by atoms with Crippen LogP contribution < -0.4 is 0 Å². The molecule has 1 saturated heterocycles. The van der Waals surface area contributed by atoms with Crippen LogP contribution in [0.15, 0.2) is 0 Å². The number of amides is 1. The SMILES string of the molecule is Cc1n[nH]c(C)c1CCC(=O)N1CCOCC1CC(=O)O. The Morgan fingerprint density at radius 3 is 2.86 bits per heavy atom. The van der Waals surface area contributed by atoms with Gasteiger partial charge >= 0.3 is 5.97 Å². The van der Waals surface area contributed by atoms with Crippen molar-refractivity contribution in [3.63, 3.8) is 0 Å². The Hall–Kier alpha value is -1.89. The Morgan fingerprint density at radius 2 is 2.24 bits per heavy atom. The van der Waals surface area contributed by atoms with Crippen LogP contribution in [0.3, 0.4) is 0 Å². The van der Waals surface area contributed by atoms with E-state index in [1.54, 1.807) is 4.90 Å². The first-order valence-corrected chi connectivity index (χ1v) is 7.08. The molecule has 1 amide bonds. The quantitative estimate of drug-likeness (QED) is 0.832. The maximum absolute atomic E-state index is 12.4. The smallest absolute Gasteiger partial charge is 0.305 e. The summed E-state index contributed by atoms with van der Waals surface area (Å²) in [5.41, 5.74) is 2.94. The number of nitrogens with zero attached hydrogens (tertiary/aromatic N) is 2. The number of carbonyl (C=O) groups excluding carboxylic acids is 1. The lowest BCUT2D eigenvalue weighted by atomic mass is 10.1. The van der Waals surface area contributed by atoms with Gasteiger partial charge in [-0.05, 0) is 25.8 Å². The topological polar surface area (TPSA) is 95.5 Å². The molecule has 0 aliphatic carbocycles. The number of rotatable bonds is 5. The molecule has 2 rings (SSSR count). The van der Waals surface area contributed by atoms with Gasteiger partial charge in [-0.15, -0.1) is 0 Å². The second kappa shape index (κ2) is 6.71. The Bertz CT molecular complexity index is 507. The van der Waals surface area contributed by atoms with Crippen molar-refractivity contribution < 1.29 is 19.4 Å². The Balaban J connectivity index is 1.96. The molecule has 0 spiro atoms. The van der Waals surface area contributed by atoms with Crippen molar-refractivity contribution in [2.75, 3.05) is 19.8 Å². The molecule has 0 aromatic carbocycles. The van der Waals surface area contributed by atoms with E-state index in [1.165, 1.54) is 0 Å². The van der Waals surface area contributed by atoms with Crippen molar-refractivity contribution in [1.82, 2.24) is 15.1 Å². The lowest BCUT2D eigenvalue weighted by Gasteiger charge is -2.35. The van der Waals surface area contributed by atoms with E-state index < -0.39 is 5.97 Å². The number of nitrogens with one attached hydrogen (secondary N) is 1. The van der Waals surface area contributed by atoms with Crippen molar-refractivity contribution in [3.8, 4) is 0 Å². The van der Waals surface area contributed by atoms with E-state index in [0.717, 1.165) is 17.0 Å². The number of aromatic amines is 1. The van der Waals surface area contributed by atoms with Gasteiger partial charge in [-0.3, -0.25) is 14.7 Å². The first-order chi connectivity index (χ1) is 9.99. The van der Waals surface area contributed by atoms with Gasteiger partial charge in [0.05, 0.1) is 31.4 Å². The summed E-state index contributed by atoms with van der Waals surface area (Å²) in [5.74, 6) is -0.936. The van der Waals surface area contributed by atoms with Crippen LogP contribution in [0, 0.1) is 13.8 Å². The maximum Gasteiger partial charge on any atom is 0.305 e. The number of hydrogen-bond acceptors (Lipinski definition) is 4. The molecule has 21 heavy (non-hydrogen) atoms. The normalized spacial score (nSPS) is 18.8. The first kappa shape index (κ1) is 15.5. The number of H-pyrrole nitrogens is 1. The zero-order valence-electron chi connectivity index (χ0n) is 12.4. The second-order valence-corrected chi connectivity index (χ2v) is 5.33. The van der Waals surface area contributed by atoms with Crippen LogP contribution in [-0.4, -0.2) is 57.9 Å². The van der Waals surface area contributed by atoms with Gasteiger partial charge in [0.2, 0.25) is 5.91 Å². The van der Waals surface area contributed by atoms with Crippen LogP contribution in [0.25, 0.3) is 0 Å². The first-order valence-electron chi connectivity index (χ1n) is 7.08. The van der Waals surface area contributed by atoms with Gasteiger partial charge in [0.25, 0.3) is 0 Å². The van der Waals surface area contributed by atoms with Crippen molar-refractivity contribution in [3.05, 3.63) is 17.0 Å². The molecule has 2 N–H and O–H groups in total. The molecule has 7 nitrogen and oxygen atoms in total. The van der Waals surface area contributed by atoms with Crippen LogP contribution in [0.5, 0.6) is 0 Å². The molecule has 1 aliphatic rings. The summed E-state index contributed by atoms with van der Waals surface area (Å²) < 4.78 is 5.28. The molecule has 0 bridgehead atoms. The fourth-order valence-corrected chi connectivity index (χ4v) is 2.67. The number of carboxylic acid groups (broad SMARTS) is 1. The van der Waals surface area contributed by atoms with Gasteiger partial charge in [0.1, 0.15) is 0 Å². The fraction of sp³-hybridized carbons (Fsp3) is 0.643. The van der Waals surface area contributed by atoms with E-state index in [-0.39, 0.29) is 18.4 Å². The Morgan fingerprint density at radius 1 is 1.48 bits per heavy atom. The minimum atomic E-state index is -0.912. The van der Waals surface area contributed by atoms with E-state index in [2.05, 4.69) is 10.2 Å². The minimum Gasteiger partial charge on any atom is -0.481 e. The van der Waals surface area contributed by atoms with E-state index >= 15 is 0 Å². The van der Waals surface area contributed by atoms with E-state index in [0.29, 0.717) is 32.6 Å². The monoisotopic (exact) mass is 295 g/mol. The molecule has 1 fully saturated rings. The zero-order chi connectivity index (χ0) is 15.4. The average molecular weight is 295 g/mol. The van der Waals surface area contributed by atoms with Crippen molar-refractivity contribution >= 4 is 11.9 Å². The average Bonchev–Trinajstić information content (AvgIpc) is 2.75. The van der Waals surface area contributed by atoms with Gasteiger partial charge in [0, 0.05) is 18.7 Å². The van der Waals surface area contributed by atoms with Gasteiger partial charge in [-0.25, -0.2) is 0 Å². The van der Waals surface area contributed by atoms with Crippen LogP contribution >= 0.6 is 0 Å². The van der Waals surface area contributed by atoms with E-state index in [1.807, 2.05) is 13.8 Å². The molecular formula is C14H21N3O4. The zero-order valence-corrected chi connectivity index (χ0v) is 12.4. The van der Waals surface area contributed by atoms with E-state index in [4.69, 9.17) is 9.84 Å². The minimum absolute atomic E-state index is 0.0236. The highest BCUT2D eigenvalue weighted by Crippen LogP contribution is 2.16. The molecule has 0 radical (unpaired) electrons. The van der Waals surface area contributed by atoms with Crippen LogP contribution in [0.2, 0.25) is 0 Å². The lowest BCUT2D eigenvalue weighted by Crippen LogP contribution is -2.49. The number of carboxylic acids is 1. The fourth-order valence-electron chi connectivity index (χ4n) is 2.67. The lowest BCUT2D eigenvalue weighted by molar-refractivity contribution is -0.146. The summed E-state index contributed by atoms with van der Waals surface area (Å²) in [6.07, 6.45) is 0.900. The van der Waals surface area contributed by atoms with Gasteiger partial charge in [0.15, 0.2) is 0 Å². The van der Waals surface area contributed by atoms with Crippen LogP contribution in [-0.2, 0) is 20.7 Å². The molecule has 116 valence electrons. The Kier molecular flexibility index (Phi) is 4.95. The largest absolute Gasteiger partial charge is 0.481 e. The van der Waals surface area contributed by atoms with Crippen LogP contribution in [0.1, 0.15) is 29.8 Å². The highest BCUT2D eigenvalue weighted by Gasteiger charge is 2.28. The summed E-state index contributed by atoms with van der Waals surface area (Å²) >= 11 is 0. The highest BCUT2D eigenvalue weighted by molar-refractivity contribution is 5.78. The number of morpholine rings is 1.